The molecule has 0 spiro atoms. The molecule has 2 N–H and O–H groups in total. The van der Waals surface area contributed by atoms with E-state index in [1.54, 1.807) is 18.2 Å². The Kier molecular flexibility index (Phi) is 4.46. The van der Waals surface area contributed by atoms with Crippen LogP contribution < -0.4 is 10.6 Å². The molecule has 2 amide bonds. The van der Waals surface area contributed by atoms with Gasteiger partial charge in [-0.2, -0.15) is 5.26 Å². The molecule has 6 heteroatoms. The molecule has 0 aliphatic carbocycles. The monoisotopic (exact) mass is 287 g/mol. The lowest BCUT2D eigenvalue weighted by Gasteiger charge is -2.08. The topological polar surface area (TPSA) is 64.9 Å². The van der Waals surface area contributed by atoms with Crippen molar-refractivity contribution < 1.29 is 13.6 Å². The molecule has 4 nitrogen and oxygen atoms in total. The summed E-state index contributed by atoms with van der Waals surface area (Å²) in [5, 5.41) is 13.8. The van der Waals surface area contributed by atoms with Gasteiger partial charge < -0.3 is 10.6 Å². The van der Waals surface area contributed by atoms with E-state index in [1.165, 1.54) is 6.07 Å². The zero-order chi connectivity index (χ0) is 15.2. The van der Waals surface area contributed by atoms with Crippen LogP contribution in [0.1, 0.15) is 11.1 Å². The van der Waals surface area contributed by atoms with Gasteiger partial charge in [-0.15, -0.1) is 0 Å². The molecule has 2 aromatic carbocycles. The van der Waals surface area contributed by atoms with Gasteiger partial charge in [-0.3, -0.25) is 0 Å². The summed E-state index contributed by atoms with van der Waals surface area (Å²) in [4.78, 5) is 11.7. The van der Waals surface area contributed by atoms with Gasteiger partial charge in [0.2, 0.25) is 0 Å². The number of rotatable bonds is 3. The highest BCUT2D eigenvalue weighted by atomic mass is 19.1. The van der Waals surface area contributed by atoms with Crippen LogP contribution in [0.4, 0.5) is 19.3 Å². The highest BCUT2D eigenvalue weighted by molar-refractivity contribution is 5.89. The van der Waals surface area contributed by atoms with E-state index >= 15 is 0 Å². The van der Waals surface area contributed by atoms with E-state index in [4.69, 9.17) is 5.26 Å². The van der Waals surface area contributed by atoms with Gasteiger partial charge in [-0.25, -0.2) is 13.6 Å². The number of nitrogens with zero attached hydrogens (tertiary/aromatic N) is 1. The van der Waals surface area contributed by atoms with Crippen molar-refractivity contribution in [1.29, 1.82) is 5.26 Å². The summed E-state index contributed by atoms with van der Waals surface area (Å²) < 4.78 is 26.0. The van der Waals surface area contributed by atoms with Crippen molar-refractivity contribution in [2.24, 2.45) is 0 Å². The van der Waals surface area contributed by atoms with Crippen LogP contribution in [-0.2, 0) is 6.54 Å². The predicted molar refractivity (Wildman–Crippen MR) is 73.4 cm³/mol. The largest absolute Gasteiger partial charge is 0.334 e. The Bertz CT molecular complexity index is 690. The molecule has 0 saturated heterocycles. The van der Waals surface area contributed by atoms with Gasteiger partial charge in [-0.05, 0) is 35.9 Å². The molecular weight excluding hydrogens is 276 g/mol. The summed E-state index contributed by atoms with van der Waals surface area (Å²) in [6.07, 6.45) is 0. The molecule has 0 saturated carbocycles. The number of halogens is 2. The average molecular weight is 287 g/mol. The van der Waals surface area contributed by atoms with Crippen LogP contribution in [0.2, 0.25) is 0 Å². The van der Waals surface area contributed by atoms with E-state index in [-0.39, 0.29) is 6.54 Å². The molecule has 0 fully saturated rings. The van der Waals surface area contributed by atoms with Crippen LogP contribution in [-0.4, -0.2) is 6.03 Å². The number of carbonyl (C=O) groups excluding carboxylic acids is 1. The third kappa shape index (κ3) is 4.28. The number of amides is 2. The van der Waals surface area contributed by atoms with E-state index in [9.17, 15) is 13.6 Å². The minimum Gasteiger partial charge on any atom is -0.334 e. The van der Waals surface area contributed by atoms with E-state index in [0.29, 0.717) is 16.8 Å². The molecule has 0 unspecified atom stereocenters. The lowest BCUT2D eigenvalue weighted by atomic mass is 10.2. The van der Waals surface area contributed by atoms with Crippen LogP contribution in [0, 0.1) is 23.0 Å². The van der Waals surface area contributed by atoms with Crippen LogP contribution in [0.3, 0.4) is 0 Å². The summed E-state index contributed by atoms with van der Waals surface area (Å²) in [5.74, 6) is -1.40. The first-order valence-electron chi connectivity index (χ1n) is 6.07. The number of anilines is 1. The van der Waals surface area contributed by atoms with Crippen LogP contribution in [0.25, 0.3) is 0 Å². The van der Waals surface area contributed by atoms with E-state index < -0.39 is 17.7 Å². The standard InChI is InChI=1S/C15H11F2N3O/c16-12-4-11(5-13(17)7-12)9-19-15(21)20-14-3-1-2-10(6-14)8-18/h1-7H,9H2,(H2,19,20,21). The van der Waals surface area contributed by atoms with Crippen molar-refractivity contribution >= 4 is 11.7 Å². The maximum atomic E-state index is 13.0. The molecule has 2 rings (SSSR count). The SMILES string of the molecule is N#Cc1cccc(NC(=O)NCc2cc(F)cc(F)c2)c1. The normalized spacial score (nSPS) is 9.76. The summed E-state index contributed by atoms with van der Waals surface area (Å²) >= 11 is 0. The smallest absolute Gasteiger partial charge is 0.319 e. The summed E-state index contributed by atoms with van der Waals surface area (Å²) in [6.45, 7) is -0.0154. The van der Waals surface area contributed by atoms with Crippen molar-refractivity contribution in [2.75, 3.05) is 5.32 Å². The summed E-state index contributed by atoms with van der Waals surface area (Å²) in [7, 11) is 0. The van der Waals surface area contributed by atoms with E-state index in [1.807, 2.05) is 6.07 Å². The maximum absolute atomic E-state index is 13.0. The van der Waals surface area contributed by atoms with Crippen molar-refractivity contribution in [3.8, 4) is 6.07 Å². The molecule has 0 aliphatic heterocycles. The first-order chi connectivity index (χ1) is 10.1. The highest BCUT2D eigenvalue weighted by Gasteiger charge is 2.04. The van der Waals surface area contributed by atoms with Crippen LogP contribution >= 0.6 is 0 Å². The van der Waals surface area contributed by atoms with Gasteiger partial charge in [0.25, 0.3) is 0 Å². The van der Waals surface area contributed by atoms with Gasteiger partial charge in [0.1, 0.15) is 11.6 Å². The van der Waals surface area contributed by atoms with Crippen LogP contribution in [0.15, 0.2) is 42.5 Å². The lowest BCUT2D eigenvalue weighted by Crippen LogP contribution is -2.28. The first-order valence-corrected chi connectivity index (χ1v) is 6.07. The molecule has 0 atom stereocenters. The Morgan fingerprint density at radius 3 is 2.52 bits per heavy atom. The third-order valence-electron chi connectivity index (χ3n) is 2.62. The number of nitriles is 1. The van der Waals surface area contributed by atoms with E-state index in [0.717, 1.165) is 18.2 Å². The van der Waals surface area contributed by atoms with Gasteiger partial charge >= 0.3 is 6.03 Å². The Balaban J connectivity index is 1.94. The molecule has 0 aliphatic rings. The molecule has 106 valence electrons. The Labute approximate surface area is 120 Å². The lowest BCUT2D eigenvalue weighted by molar-refractivity contribution is 0.251. The average Bonchev–Trinajstić information content (AvgIpc) is 2.44. The zero-order valence-electron chi connectivity index (χ0n) is 10.9. The first kappa shape index (κ1) is 14.5. The molecular formula is C15H11F2N3O. The number of urea groups is 1. The molecule has 0 aromatic heterocycles. The number of carbonyl (C=O) groups is 1. The fraction of sp³-hybridized carbons (Fsp3) is 0.0667. The van der Waals surface area contributed by atoms with E-state index in [2.05, 4.69) is 10.6 Å². The van der Waals surface area contributed by atoms with Gasteiger partial charge in [-0.1, -0.05) is 6.07 Å². The van der Waals surface area contributed by atoms with Crippen molar-refractivity contribution in [1.82, 2.24) is 5.32 Å². The number of hydrogen-bond donors (Lipinski definition) is 2. The number of hydrogen-bond acceptors (Lipinski definition) is 2. The van der Waals surface area contributed by atoms with Crippen molar-refractivity contribution in [2.45, 2.75) is 6.54 Å². The Morgan fingerprint density at radius 1 is 1.14 bits per heavy atom. The van der Waals surface area contributed by atoms with Crippen molar-refractivity contribution in [3.63, 3.8) is 0 Å². The minimum absolute atomic E-state index is 0.0154. The van der Waals surface area contributed by atoms with Crippen molar-refractivity contribution in [3.05, 3.63) is 65.2 Å². The third-order valence-corrected chi connectivity index (χ3v) is 2.62. The quantitative estimate of drug-likeness (QED) is 0.910. The summed E-state index contributed by atoms with van der Waals surface area (Å²) in [5.41, 5.74) is 1.19. The zero-order valence-corrected chi connectivity index (χ0v) is 10.9. The fourth-order valence-corrected chi connectivity index (χ4v) is 1.74. The fourth-order valence-electron chi connectivity index (χ4n) is 1.74. The second kappa shape index (κ2) is 6.48. The maximum Gasteiger partial charge on any atom is 0.319 e. The molecule has 0 radical (unpaired) electrons. The van der Waals surface area contributed by atoms with Crippen LogP contribution in [0.5, 0.6) is 0 Å². The molecule has 2 aromatic rings. The molecule has 0 bridgehead atoms. The highest BCUT2D eigenvalue weighted by Crippen LogP contribution is 2.10. The summed E-state index contributed by atoms with van der Waals surface area (Å²) in [6, 6.07) is 10.8. The molecule has 21 heavy (non-hydrogen) atoms. The predicted octanol–water partition coefficient (Wildman–Crippen LogP) is 3.16. The molecule has 0 heterocycles. The minimum atomic E-state index is -0.700. The van der Waals surface area contributed by atoms with Gasteiger partial charge in [0.15, 0.2) is 0 Å². The second-order valence-electron chi connectivity index (χ2n) is 4.28. The van der Waals surface area contributed by atoms with Gasteiger partial charge in [0.05, 0.1) is 11.6 Å². The Morgan fingerprint density at radius 2 is 1.86 bits per heavy atom. The van der Waals surface area contributed by atoms with Gasteiger partial charge in [0, 0.05) is 18.3 Å². The second-order valence-corrected chi connectivity index (χ2v) is 4.28. The number of benzene rings is 2. The number of nitrogens with one attached hydrogen (secondary N) is 2. The Hall–Kier alpha value is -2.94.